The Morgan fingerprint density at radius 3 is 1.00 bits per heavy atom. The van der Waals surface area contributed by atoms with E-state index in [0.29, 0.717) is 6.42 Å². The lowest BCUT2D eigenvalue weighted by atomic mass is 10.0. The second-order valence-electron chi connectivity index (χ2n) is 21.6. The quantitative estimate of drug-likeness (QED) is 0.0264. The van der Waals surface area contributed by atoms with Crippen molar-refractivity contribution in [2.24, 2.45) is 5.73 Å². The zero-order chi connectivity index (χ0) is 59.4. The van der Waals surface area contributed by atoms with Crippen molar-refractivity contribution < 1.29 is 37.6 Å². The van der Waals surface area contributed by atoms with Crippen LogP contribution in [0.4, 0.5) is 0 Å². The average Bonchev–Trinajstić information content (AvgIpc) is 3.47. The van der Waals surface area contributed by atoms with Crippen LogP contribution in [-0.2, 0) is 32.7 Å². The summed E-state index contributed by atoms with van der Waals surface area (Å²) in [7, 11) is -4.40. The van der Waals surface area contributed by atoms with Gasteiger partial charge < -0.3 is 20.1 Å². The van der Waals surface area contributed by atoms with Gasteiger partial charge in [-0.2, -0.15) is 0 Å². The normalized spacial score (nSPS) is 13.9. The molecule has 0 radical (unpaired) electrons. The van der Waals surface area contributed by atoms with Crippen LogP contribution in [0, 0.1) is 0 Å². The molecule has 0 saturated heterocycles. The standard InChI is InChI=1S/C72H122NO8P/c1-3-5-7-9-11-13-15-17-19-21-23-25-26-27-28-29-30-31-32-33-34-35-36-37-38-39-40-41-42-43-44-45-47-49-51-53-55-57-59-61-63-65-72(75)81-70(69-80-82(76,77)79-67-66-73)68-78-71(74)64-62-60-58-56-54-52-50-48-46-24-22-20-18-16-14-12-10-8-6-4-2/h5,7,11,13,17,19,23,25,27-28,30-31,33-34,36-37,39-40,42-43,45,47,70H,3-4,6,8-10,12,14-16,18,20-22,24,26,29,32,35,38,41,44,46,48-69,73H2,1-2H3,(H,76,77)/b7-5-,13-11-,19-17-,25-23-,28-27-,31-30-,34-33-,37-36-,40-39-,43-42-,47-45-. The number of ether oxygens (including phenoxy) is 2. The van der Waals surface area contributed by atoms with Crippen LogP contribution in [0.5, 0.6) is 0 Å². The van der Waals surface area contributed by atoms with Crippen LogP contribution in [0.15, 0.2) is 134 Å². The molecule has 468 valence electrons. The van der Waals surface area contributed by atoms with Crippen molar-refractivity contribution in [2.45, 2.75) is 283 Å². The van der Waals surface area contributed by atoms with E-state index in [1.165, 1.54) is 128 Å². The first-order chi connectivity index (χ1) is 40.3. The van der Waals surface area contributed by atoms with E-state index in [1.807, 2.05) is 0 Å². The summed E-state index contributed by atoms with van der Waals surface area (Å²) in [5, 5.41) is 0. The minimum absolute atomic E-state index is 0.0468. The highest BCUT2D eigenvalue weighted by Gasteiger charge is 2.26. The molecular formula is C72H122NO8P. The molecule has 0 heterocycles. The zero-order valence-corrected chi connectivity index (χ0v) is 53.3. The summed E-state index contributed by atoms with van der Waals surface area (Å²) in [6.07, 6.45) is 93.8. The summed E-state index contributed by atoms with van der Waals surface area (Å²) in [5.41, 5.74) is 5.39. The van der Waals surface area contributed by atoms with Gasteiger partial charge in [0, 0.05) is 19.4 Å². The Morgan fingerprint density at radius 2 is 0.671 bits per heavy atom. The van der Waals surface area contributed by atoms with Crippen molar-refractivity contribution in [3.05, 3.63) is 134 Å². The number of allylic oxidation sites excluding steroid dienone is 22. The monoisotopic (exact) mass is 1160 g/mol. The van der Waals surface area contributed by atoms with Crippen LogP contribution < -0.4 is 5.73 Å². The van der Waals surface area contributed by atoms with Gasteiger partial charge in [0.05, 0.1) is 13.2 Å². The van der Waals surface area contributed by atoms with Crippen molar-refractivity contribution in [3.63, 3.8) is 0 Å². The van der Waals surface area contributed by atoms with Crippen molar-refractivity contribution in [1.82, 2.24) is 0 Å². The molecule has 0 aromatic carbocycles. The predicted octanol–water partition coefficient (Wildman–Crippen LogP) is 21.7. The van der Waals surface area contributed by atoms with E-state index in [4.69, 9.17) is 24.3 Å². The number of phosphoric ester groups is 1. The maximum atomic E-state index is 12.7. The molecule has 10 heteroatoms. The number of carbonyl (C=O) groups is 2. The molecule has 0 aliphatic heterocycles. The molecule has 2 unspecified atom stereocenters. The van der Waals surface area contributed by atoms with Gasteiger partial charge in [0.15, 0.2) is 6.10 Å². The van der Waals surface area contributed by atoms with E-state index in [0.717, 1.165) is 116 Å². The average molecular weight is 1160 g/mol. The van der Waals surface area contributed by atoms with Crippen LogP contribution in [-0.4, -0.2) is 49.3 Å². The third-order valence-electron chi connectivity index (χ3n) is 13.8. The highest BCUT2D eigenvalue weighted by atomic mass is 31.2. The lowest BCUT2D eigenvalue weighted by molar-refractivity contribution is -0.161. The van der Waals surface area contributed by atoms with Crippen LogP contribution in [0.2, 0.25) is 0 Å². The van der Waals surface area contributed by atoms with Gasteiger partial charge in [-0.15, -0.1) is 0 Å². The number of hydrogen-bond acceptors (Lipinski definition) is 8. The van der Waals surface area contributed by atoms with Gasteiger partial charge in [-0.05, 0) is 96.3 Å². The fourth-order valence-electron chi connectivity index (χ4n) is 8.94. The number of unbranched alkanes of at least 4 members (excludes halogenated alkanes) is 26. The fourth-order valence-corrected chi connectivity index (χ4v) is 9.70. The van der Waals surface area contributed by atoms with Crippen molar-refractivity contribution >= 4 is 19.8 Å². The predicted molar refractivity (Wildman–Crippen MR) is 353 cm³/mol. The van der Waals surface area contributed by atoms with Crippen LogP contribution in [0.3, 0.4) is 0 Å². The second kappa shape index (κ2) is 66.3. The van der Waals surface area contributed by atoms with Gasteiger partial charge in [-0.25, -0.2) is 4.57 Å². The SMILES string of the molecule is CC/C=C\C/C=C\C/C=C\C/C=C\C/C=C\C/C=C\C/C=C\C/C=C\C/C=C\C/C=C\C/C=C\CCCCCCCCCC(=O)OC(COC(=O)CCCCCCCCCCCCCCCCCCCCCC)COP(=O)(O)OCCN. The Hall–Kier alpha value is -3.85. The van der Waals surface area contributed by atoms with Crippen molar-refractivity contribution in [3.8, 4) is 0 Å². The molecular weight excluding hydrogens is 1040 g/mol. The second-order valence-corrected chi connectivity index (χ2v) is 23.1. The highest BCUT2D eigenvalue weighted by molar-refractivity contribution is 7.47. The van der Waals surface area contributed by atoms with Gasteiger partial charge in [0.2, 0.25) is 0 Å². The molecule has 0 aromatic rings. The van der Waals surface area contributed by atoms with E-state index in [-0.39, 0.29) is 38.6 Å². The summed E-state index contributed by atoms with van der Waals surface area (Å²) < 4.78 is 33.1. The fraction of sp³-hybridized carbons (Fsp3) is 0.667. The van der Waals surface area contributed by atoms with Gasteiger partial charge >= 0.3 is 19.8 Å². The number of nitrogens with two attached hydrogens (primary N) is 1. The zero-order valence-electron chi connectivity index (χ0n) is 52.4. The molecule has 82 heavy (non-hydrogen) atoms. The Bertz CT molecular complexity index is 1800. The molecule has 0 aliphatic carbocycles. The maximum absolute atomic E-state index is 12.7. The molecule has 2 atom stereocenters. The Morgan fingerprint density at radius 1 is 0.378 bits per heavy atom. The topological polar surface area (TPSA) is 134 Å². The third kappa shape index (κ3) is 65.3. The molecule has 0 fully saturated rings. The Balaban J connectivity index is 3.98. The van der Waals surface area contributed by atoms with E-state index < -0.39 is 26.5 Å². The lowest BCUT2D eigenvalue weighted by Crippen LogP contribution is -2.29. The Labute approximate surface area is 504 Å². The molecule has 0 bridgehead atoms. The van der Waals surface area contributed by atoms with Crippen LogP contribution in [0.25, 0.3) is 0 Å². The molecule has 3 N–H and O–H groups in total. The maximum Gasteiger partial charge on any atom is 0.472 e. The molecule has 0 amide bonds. The summed E-state index contributed by atoms with van der Waals surface area (Å²) in [4.78, 5) is 35.3. The lowest BCUT2D eigenvalue weighted by Gasteiger charge is -2.19. The van der Waals surface area contributed by atoms with E-state index in [9.17, 15) is 19.0 Å². The molecule has 9 nitrogen and oxygen atoms in total. The summed E-state index contributed by atoms with van der Waals surface area (Å²) in [6, 6.07) is 0. The largest absolute Gasteiger partial charge is 0.472 e. The van der Waals surface area contributed by atoms with Gasteiger partial charge in [0.1, 0.15) is 6.61 Å². The summed E-state index contributed by atoms with van der Waals surface area (Å²) in [5.74, 6) is -0.838. The number of carbonyl (C=O) groups excluding carboxylic acids is 2. The molecule has 0 aromatic heterocycles. The number of rotatable bonds is 61. The molecule has 0 rings (SSSR count). The minimum Gasteiger partial charge on any atom is -0.462 e. The van der Waals surface area contributed by atoms with Crippen molar-refractivity contribution in [1.29, 1.82) is 0 Å². The molecule has 0 aliphatic rings. The summed E-state index contributed by atoms with van der Waals surface area (Å²) >= 11 is 0. The number of esters is 2. The highest BCUT2D eigenvalue weighted by Crippen LogP contribution is 2.43. The smallest absolute Gasteiger partial charge is 0.462 e. The van der Waals surface area contributed by atoms with Gasteiger partial charge in [-0.1, -0.05) is 302 Å². The van der Waals surface area contributed by atoms with Gasteiger partial charge in [0.25, 0.3) is 0 Å². The van der Waals surface area contributed by atoms with E-state index in [1.54, 1.807) is 0 Å². The van der Waals surface area contributed by atoms with Gasteiger partial charge in [-0.3, -0.25) is 18.6 Å². The molecule has 0 spiro atoms. The first kappa shape index (κ1) is 78.1. The minimum atomic E-state index is -4.40. The van der Waals surface area contributed by atoms with E-state index in [2.05, 4.69) is 148 Å². The first-order valence-electron chi connectivity index (χ1n) is 33.2. The number of hydrogen-bond donors (Lipinski definition) is 2. The third-order valence-corrected chi connectivity index (χ3v) is 14.8. The first-order valence-corrected chi connectivity index (χ1v) is 34.7. The van der Waals surface area contributed by atoms with Crippen molar-refractivity contribution in [2.75, 3.05) is 26.4 Å². The van der Waals surface area contributed by atoms with Crippen LogP contribution >= 0.6 is 7.82 Å². The molecule has 0 saturated carbocycles. The van der Waals surface area contributed by atoms with E-state index >= 15 is 0 Å². The van der Waals surface area contributed by atoms with Crippen LogP contribution in [0.1, 0.15) is 277 Å². The number of phosphoric acid groups is 1. The Kier molecular flexibility index (Phi) is 63.2. The summed E-state index contributed by atoms with van der Waals surface area (Å²) in [6.45, 7) is 3.63.